The lowest BCUT2D eigenvalue weighted by molar-refractivity contribution is -0.147. The summed E-state index contributed by atoms with van der Waals surface area (Å²) in [4.78, 5) is 54.2. The third-order valence-electron chi connectivity index (χ3n) is 2.61. The summed E-state index contributed by atoms with van der Waals surface area (Å²) in [6.07, 6.45) is -2.09. The molecule has 10 nitrogen and oxygen atoms in total. The molecule has 3 N–H and O–H groups in total. The van der Waals surface area contributed by atoms with Gasteiger partial charge in [0.25, 0.3) is 0 Å². The van der Waals surface area contributed by atoms with Crippen molar-refractivity contribution in [2.24, 2.45) is 0 Å². The fourth-order valence-corrected chi connectivity index (χ4v) is 3.49. The van der Waals surface area contributed by atoms with Gasteiger partial charge < -0.3 is 24.6 Å². The van der Waals surface area contributed by atoms with Gasteiger partial charge in [0.15, 0.2) is 0 Å². The van der Waals surface area contributed by atoms with Gasteiger partial charge in [0.05, 0.1) is 27.1 Å². The Labute approximate surface area is 119 Å². The van der Waals surface area contributed by atoms with Gasteiger partial charge in [-0.15, -0.1) is 0 Å². The van der Waals surface area contributed by atoms with Crippen LogP contribution in [-0.4, -0.2) is 64.5 Å². The number of carboxylic acids is 2. The summed E-state index contributed by atoms with van der Waals surface area (Å²) in [5.74, 6) is -5.86. The van der Waals surface area contributed by atoms with Gasteiger partial charge >= 0.3 is 23.9 Å². The van der Waals surface area contributed by atoms with Gasteiger partial charge in [-0.2, -0.15) is 0 Å². The molecule has 0 amide bonds. The number of carbonyl (C=O) groups excluding carboxylic acids is 2. The van der Waals surface area contributed by atoms with Crippen LogP contribution in [-0.2, 0) is 33.2 Å². The minimum absolute atomic E-state index is 0.875. The van der Waals surface area contributed by atoms with Crippen LogP contribution in [0.3, 0.4) is 0 Å². The van der Waals surface area contributed by atoms with Gasteiger partial charge in [-0.1, -0.05) is 0 Å². The van der Waals surface area contributed by atoms with Crippen molar-refractivity contribution in [2.75, 3.05) is 14.2 Å². The van der Waals surface area contributed by atoms with Gasteiger partial charge in [-0.05, 0) is 0 Å². The zero-order valence-electron chi connectivity index (χ0n) is 11.2. The van der Waals surface area contributed by atoms with E-state index in [1.54, 1.807) is 0 Å². The molecule has 0 aliphatic carbocycles. The van der Waals surface area contributed by atoms with Crippen LogP contribution < -0.4 is 0 Å². The van der Waals surface area contributed by atoms with Crippen LogP contribution in [0.25, 0.3) is 0 Å². The summed E-state index contributed by atoms with van der Waals surface area (Å²) in [5.41, 5.74) is -4.26. The number of methoxy groups -OCH3 is 2. The van der Waals surface area contributed by atoms with Crippen LogP contribution in [0.15, 0.2) is 0 Å². The van der Waals surface area contributed by atoms with Gasteiger partial charge in [-0.25, -0.2) is 0 Å². The van der Waals surface area contributed by atoms with E-state index in [-0.39, 0.29) is 0 Å². The minimum atomic E-state index is -4.92. The maximum atomic E-state index is 12.2. The summed E-state index contributed by atoms with van der Waals surface area (Å²) in [5, 5.41) is 17.5. The second-order valence-corrected chi connectivity index (χ2v) is 6.54. The molecule has 0 saturated carbocycles. The minimum Gasteiger partial charge on any atom is -0.481 e. The van der Waals surface area contributed by atoms with Crippen molar-refractivity contribution in [3.63, 3.8) is 0 Å². The lowest BCUT2D eigenvalue weighted by Crippen LogP contribution is -2.34. The first kappa shape index (κ1) is 19.1. The molecular formula is C10H15O10P. The van der Waals surface area contributed by atoms with Crippen molar-refractivity contribution in [3.8, 4) is 0 Å². The standard InChI is InChI=1S/C10H15O10P/c1-19-8(13)4-6(10(16)20-2)21(17,18)5(9(14)15)3-7(11)12/h5-6H,3-4H2,1-2H3,(H,11,12)(H,14,15)(H,17,18). The first-order chi connectivity index (χ1) is 9.57. The highest BCUT2D eigenvalue weighted by atomic mass is 31.2. The van der Waals surface area contributed by atoms with Crippen LogP contribution in [0, 0.1) is 0 Å². The molecule has 0 spiro atoms. The molecule has 0 aromatic carbocycles. The van der Waals surface area contributed by atoms with E-state index in [2.05, 4.69) is 9.47 Å². The average molecular weight is 326 g/mol. The molecule has 0 bridgehead atoms. The van der Waals surface area contributed by atoms with Crippen LogP contribution >= 0.6 is 7.37 Å². The predicted octanol–water partition coefficient (Wildman–Crippen LogP) is -0.711. The molecule has 0 aliphatic rings. The topological polar surface area (TPSA) is 165 Å². The largest absolute Gasteiger partial charge is 0.481 e. The molecule has 0 aliphatic heterocycles. The number of carboxylic acid groups (broad SMARTS) is 2. The molecule has 0 saturated heterocycles. The Kier molecular flexibility index (Phi) is 7.04. The number of hydrogen-bond acceptors (Lipinski definition) is 7. The van der Waals surface area contributed by atoms with E-state index in [1.807, 2.05) is 0 Å². The highest BCUT2D eigenvalue weighted by molar-refractivity contribution is 7.61. The highest BCUT2D eigenvalue weighted by Crippen LogP contribution is 2.54. The smallest absolute Gasteiger partial charge is 0.319 e. The van der Waals surface area contributed by atoms with Crippen molar-refractivity contribution >= 4 is 31.2 Å². The lowest BCUT2D eigenvalue weighted by atomic mass is 10.3. The summed E-state index contributed by atoms with van der Waals surface area (Å²) in [6.45, 7) is 0. The molecule has 0 aromatic heterocycles. The van der Waals surface area contributed by atoms with Crippen molar-refractivity contribution in [2.45, 2.75) is 24.2 Å². The van der Waals surface area contributed by atoms with Gasteiger partial charge in [0, 0.05) is 0 Å². The summed E-state index contributed by atoms with van der Waals surface area (Å²) in [7, 11) is -3.08. The fraction of sp³-hybridized carbons (Fsp3) is 0.600. The summed E-state index contributed by atoms with van der Waals surface area (Å²) >= 11 is 0. The first-order valence-electron chi connectivity index (χ1n) is 5.49. The van der Waals surface area contributed by atoms with E-state index in [9.17, 15) is 28.6 Å². The average Bonchev–Trinajstić information content (AvgIpc) is 2.39. The number of rotatable bonds is 8. The molecule has 11 heteroatoms. The maximum absolute atomic E-state index is 12.2. The monoisotopic (exact) mass is 326 g/mol. The molecular weight excluding hydrogens is 311 g/mol. The normalized spacial score (nSPS) is 16.1. The Morgan fingerprint density at radius 1 is 1.00 bits per heavy atom. The van der Waals surface area contributed by atoms with Crippen molar-refractivity contribution in [1.82, 2.24) is 0 Å². The number of hydrogen-bond donors (Lipinski definition) is 3. The van der Waals surface area contributed by atoms with E-state index < -0.39 is 55.4 Å². The first-order valence-corrected chi connectivity index (χ1v) is 7.29. The maximum Gasteiger partial charge on any atom is 0.319 e. The molecule has 21 heavy (non-hydrogen) atoms. The molecule has 0 aromatic rings. The van der Waals surface area contributed by atoms with Crippen molar-refractivity contribution in [1.29, 1.82) is 0 Å². The number of ether oxygens (including phenoxy) is 2. The van der Waals surface area contributed by atoms with E-state index in [1.165, 1.54) is 0 Å². The molecule has 0 radical (unpaired) electrons. The quantitative estimate of drug-likeness (QED) is 0.383. The highest BCUT2D eigenvalue weighted by Gasteiger charge is 2.49. The Hall–Kier alpha value is -1.93. The van der Waals surface area contributed by atoms with Gasteiger partial charge in [-0.3, -0.25) is 23.7 Å². The molecule has 3 atom stereocenters. The van der Waals surface area contributed by atoms with Crippen molar-refractivity contribution < 1.29 is 48.3 Å². The SMILES string of the molecule is COC(=O)CC(C(=O)OC)P(=O)(O)C(CC(=O)O)C(=O)O. The Morgan fingerprint density at radius 2 is 1.52 bits per heavy atom. The summed E-state index contributed by atoms with van der Waals surface area (Å²) < 4.78 is 20.8. The molecule has 0 rings (SSSR count). The van der Waals surface area contributed by atoms with E-state index in [0.717, 1.165) is 14.2 Å². The fourth-order valence-electron chi connectivity index (χ4n) is 1.50. The zero-order valence-corrected chi connectivity index (χ0v) is 12.1. The molecule has 0 fully saturated rings. The van der Waals surface area contributed by atoms with Crippen LogP contribution in [0.1, 0.15) is 12.8 Å². The van der Waals surface area contributed by atoms with Crippen LogP contribution in [0.2, 0.25) is 0 Å². The second kappa shape index (κ2) is 7.75. The van der Waals surface area contributed by atoms with Crippen molar-refractivity contribution in [3.05, 3.63) is 0 Å². The van der Waals surface area contributed by atoms with E-state index >= 15 is 0 Å². The third kappa shape index (κ3) is 5.16. The summed E-state index contributed by atoms with van der Waals surface area (Å²) in [6, 6.07) is 0. The number of esters is 2. The molecule has 0 heterocycles. The molecule has 3 unspecified atom stereocenters. The number of aliphatic carboxylic acids is 2. The van der Waals surface area contributed by atoms with Gasteiger partial charge in [0.1, 0.15) is 11.3 Å². The third-order valence-corrected chi connectivity index (χ3v) is 5.19. The lowest BCUT2D eigenvalue weighted by Gasteiger charge is -2.24. The van der Waals surface area contributed by atoms with E-state index in [0.29, 0.717) is 0 Å². The van der Waals surface area contributed by atoms with Crippen LogP contribution in [0.4, 0.5) is 0 Å². The zero-order chi connectivity index (χ0) is 16.8. The Morgan fingerprint density at radius 3 is 1.86 bits per heavy atom. The second-order valence-electron chi connectivity index (χ2n) is 3.94. The van der Waals surface area contributed by atoms with E-state index in [4.69, 9.17) is 10.2 Å². The van der Waals surface area contributed by atoms with Crippen LogP contribution in [0.5, 0.6) is 0 Å². The van der Waals surface area contributed by atoms with Gasteiger partial charge in [0.2, 0.25) is 7.37 Å². The Balaban J connectivity index is 5.63. The number of carbonyl (C=O) groups is 4. The Bertz CT molecular complexity index is 484. The molecule has 120 valence electrons. The predicted molar refractivity (Wildman–Crippen MR) is 65.9 cm³/mol.